The summed E-state index contributed by atoms with van der Waals surface area (Å²) in [6.45, 7) is 1.88. The fourth-order valence-electron chi connectivity index (χ4n) is 2.23. The molecule has 1 fully saturated rings. The Labute approximate surface area is 99.8 Å². The lowest BCUT2D eigenvalue weighted by Gasteiger charge is -2.28. The molecule has 1 saturated carbocycles. The SMILES string of the molecule is CC(CS(C)=O)NC(=O)C1CCCCC1N. The largest absolute Gasteiger partial charge is 0.352 e. The fourth-order valence-corrected chi connectivity index (χ4v) is 3.02. The Morgan fingerprint density at radius 3 is 2.69 bits per heavy atom. The molecule has 5 heteroatoms. The van der Waals surface area contributed by atoms with Gasteiger partial charge in [-0.2, -0.15) is 0 Å². The quantitative estimate of drug-likeness (QED) is 0.753. The van der Waals surface area contributed by atoms with Crippen molar-refractivity contribution < 1.29 is 9.00 Å². The lowest BCUT2D eigenvalue weighted by atomic mass is 9.84. The van der Waals surface area contributed by atoms with Crippen molar-refractivity contribution in [2.24, 2.45) is 11.7 Å². The normalized spacial score (nSPS) is 29.4. The summed E-state index contributed by atoms with van der Waals surface area (Å²) in [7, 11) is -0.872. The molecule has 94 valence electrons. The van der Waals surface area contributed by atoms with E-state index in [1.54, 1.807) is 6.26 Å². The molecule has 0 bridgehead atoms. The second kappa shape index (κ2) is 6.35. The van der Waals surface area contributed by atoms with E-state index < -0.39 is 10.8 Å². The van der Waals surface area contributed by atoms with Crippen LogP contribution in [0.25, 0.3) is 0 Å². The Morgan fingerprint density at radius 2 is 2.12 bits per heavy atom. The predicted molar refractivity (Wildman–Crippen MR) is 66.5 cm³/mol. The molecule has 1 aliphatic rings. The summed E-state index contributed by atoms with van der Waals surface area (Å²) in [4.78, 5) is 11.9. The van der Waals surface area contributed by atoms with Crippen LogP contribution in [0.3, 0.4) is 0 Å². The van der Waals surface area contributed by atoms with Gasteiger partial charge in [0.2, 0.25) is 5.91 Å². The highest BCUT2D eigenvalue weighted by atomic mass is 32.2. The van der Waals surface area contributed by atoms with E-state index in [2.05, 4.69) is 5.32 Å². The van der Waals surface area contributed by atoms with Gasteiger partial charge in [0.25, 0.3) is 0 Å². The van der Waals surface area contributed by atoms with Crippen molar-refractivity contribution >= 4 is 16.7 Å². The van der Waals surface area contributed by atoms with E-state index in [-0.39, 0.29) is 23.9 Å². The van der Waals surface area contributed by atoms with Crippen molar-refractivity contribution in [3.63, 3.8) is 0 Å². The van der Waals surface area contributed by atoms with Crippen LogP contribution in [0.4, 0.5) is 0 Å². The maximum absolute atomic E-state index is 11.9. The minimum Gasteiger partial charge on any atom is -0.352 e. The van der Waals surface area contributed by atoms with Gasteiger partial charge in [-0.15, -0.1) is 0 Å². The van der Waals surface area contributed by atoms with Gasteiger partial charge in [0.1, 0.15) is 0 Å². The molecule has 0 aliphatic heterocycles. The third kappa shape index (κ3) is 4.22. The van der Waals surface area contributed by atoms with Gasteiger partial charge in [-0.3, -0.25) is 9.00 Å². The average molecular weight is 246 g/mol. The van der Waals surface area contributed by atoms with Crippen LogP contribution in [0.2, 0.25) is 0 Å². The zero-order valence-electron chi connectivity index (χ0n) is 10.1. The van der Waals surface area contributed by atoms with Crippen molar-refractivity contribution in [1.29, 1.82) is 0 Å². The Balaban J connectivity index is 2.41. The highest BCUT2D eigenvalue weighted by Gasteiger charge is 2.28. The first-order chi connectivity index (χ1) is 7.50. The van der Waals surface area contributed by atoms with Crippen LogP contribution in [0.1, 0.15) is 32.6 Å². The third-order valence-corrected chi connectivity index (χ3v) is 4.00. The first-order valence-corrected chi connectivity index (χ1v) is 7.59. The van der Waals surface area contributed by atoms with Gasteiger partial charge in [-0.1, -0.05) is 12.8 Å². The van der Waals surface area contributed by atoms with Crippen molar-refractivity contribution in [1.82, 2.24) is 5.32 Å². The molecule has 0 aromatic heterocycles. The Hall–Kier alpha value is -0.420. The second-order valence-electron chi connectivity index (χ2n) is 4.70. The second-order valence-corrected chi connectivity index (χ2v) is 6.18. The summed E-state index contributed by atoms with van der Waals surface area (Å²) in [5.74, 6) is 0.486. The number of carbonyl (C=O) groups is 1. The smallest absolute Gasteiger partial charge is 0.224 e. The van der Waals surface area contributed by atoms with E-state index in [1.165, 1.54) is 0 Å². The molecule has 3 N–H and O–H groups in total. The molecule has 0 radical (unpaired) electrons. The van der Waals surface area contributed by atoms with E-state index >= 15 is 0 Å². The van der Waals surface area contributed by atoms with Gasteiger partial charge in [0.15, 0.2) is 0 Å². The minimum absolute atomic E-state index is 0.00641. The van der Waals surface area contributed by atoms with Gasteiger partial charge in [-0.25, -0.2) is 0 Å². The van der Waals surface area contributed by atoms with Gasteiger partial charge < -0.3 is 11.1 Å². The molecular weight excluding hydrogens is 224 g/mol. The first-order valence-electron chi connectivity index (χ1n) is 5.86. The van der Waals surface area contributed by atoms with Crippen LogP contribution in [-0.4, -0.2) is 34.2 Å². The zero-order valence-corrected chi connectivity index (χ0v) is 10.9. The molecule has 0 heterocycles. The summed E-state index contributed by atoms with van der Waals surface area (Å²) in [6, 6.07) is -0.0412. The standard InChI is InChI=1S/C11H22N2O2S/c1-8(7-16(2)15)13-11(14)9-5-3-4-6-10(9)12/h8-10H,3-7,12H2,1-2H3,(H,13,14). The van der Waals surface area contributed by atoms with Crippen LogP contribution in [0.15, 0.2) is 0 Å². The average Bonchev–Trinajstić information content (AvgIpc) is 2.16. The number of hydrogen-bond donors (Lipinski definition) is 2. The van der Waals surface area contributed by atoms with Crippen LogP contribution in [0.5, 0.6) is 0 Å². The van der Waals surface area contributed by atoms with E-state index in [9.17, 15) is 9.00 Å². The van der Waals surface area contributed by atoms with Crippen LogP contribution < -0.4 is 11.1 Å². The lowest BCUT2D eigenvalue weighted by Crippen LogP contribution is -2.47. The molecule has 1 amide bonds. The summed E-state index contributed by atoms with van der Waals surface area (Å²) >= 11 is 0. The molecule has 0 aromatic carbocycles. The highest BCUT2D eigenvalue weighted by Crippen LogP contribution is 2.23. The van der Waals surface area contributed by atoms with E-state index in [1.807, 2.05) is 6.92 Å². The molecule has 4 unspecified atom stereocenters. The fraction of sp³-hybridized carbons (Fsp3) is 0.909. The number of nitrogens with two attached hydrogens (primary N) is 1. The molecule has 1 rings (SSSR count). The number of hydrogen-bond acceptors (Lipinski definition) is 3. The molecule has 4 nitrogen and oxygen atoms in total. The molecular formula is C11H22N2O2S. The van der Waals surface area contributed by atoms with Crippen molar-refractivity contribution in [2.45, 2.75) is 44.7 Å². The zero-order chi connectivity index (χ0) is 12.1. The molecule has 1 aliphatic carbocycles. The molecule has 0 saturated heterocycles. The topological polar surface area (TPSA) is 72.2 Å². The maximum atomic E-state index is 11.9. The van der Waals surface area contributed by atoms with Gasteiger partial charge >= 0.3 is 0 Å². The molecule has 0 spiro atoms. The predicted octanol–water partition coefficient (Wildman–Crippen LogP) is 0.387. The number of amides is 1. The van der Waals surface area contributed by atoms with Crippen molar-refractivity contribution in [2.75, 3.05) is 12.0 Å². The van der Waals surface area contributed by atoms with Crippen molar-refractivity contribution in [3.8, 4) is 0 Å². The minimum atomic E-state index is -0.872. The number of nitrogens with one attached hydrogen (secondary N) is 1. The van der Waals surface area contributed by atoms with Crippen molar-refractivity contribution in [3.05, 3.63) is 0 Å². The summed E-state index contributed by atoms with van der Waals surface area (Å²) < 4.78 is 11.0. The Bertz CT molecular complexity index is 271. The molecule has 0 aromatic rings. The van der Waals surface area contributed by atoms with Gasteiger partial charge in [0, 0.05) is 34.9 Å². The summed E-state index contributed by atoms with van der Waals surface area (Å²) in [5, 5.41) is 2.90. The van der Waals surface area contributed by atoms with E-state index in [0.29, 0.717) is 5.75 Å². The van der Waals surface area contributed by atoms with Crippen LogP contribution in [0, 0.1) is 5.92 Å². The van der Waals surface area contributed by atoms with Crippen LogP contribution >= 0.6 is 0 Å². The Morgan fingerprint density at radius 1 is 1.50 bits per heavy atom. The van der Waals surface area contributed by atoms with E-state index in [4.69, 9.17) is 5.73 Å². The summed E-state index contributed by atoms with van der Waals surface area (Å²) in [5.41, 5.74) is 5.94. The maximum Gasteiger partial charge on any atom is 0.224 e. The first kappa shape index (κ1) is 13.6. The number of rotatable bonds is 4. The highest BCUT2D eigenvalue weighted by molar-refractivity contribution is 7.84. The third-order valence-electron chi connectivity index (χ3n) is 3.03. The van der Waals surface area contributed by atoms with Gasteiger partial charge in [-0.05, 0) is 19.8 Å². The Kier molecular flexibility index (Phi) is 5.41. The van der Waals surface area contributed by atoms with E-state index in [0.717, 1.165) is 25.7 Å². The molecule has 16 heavy (non-hydrogen) atoms. The summed E-state index contributed by atoms with van der Waals surface area (Å²) in [6.07, 6.45) is 5.68. The number of carbonyl (C=O) groups excluding carboxylic acids is 1. The molecule has 4 atom stereocenters. The van der Waals surface area contributed by atoms with Crippen LogP contribution in [-0.2, 0) is 15.6 Å². The van der Waals surface area contributed by atoms with Gasteiger partial charge in [0.05, 0.1) is 5.92 Å². The monoisotopic (exact) mass is 246 g/mol. The lowest BCUT2D eigenvalue weighted by molar-refractivity contribution is -0.126.